The smallest absolute Gasteiger partial charge is 0.232 e. The lowest BCUT2D eigenvalue weighted by atomic mass is 10.1. The molecule has 0 radical (unpaired) electrons. The maximum atomic E-state index is 12.9. The quantitative estimate of drug-likeness (QED) is 0.562. The van der Waals surface area contributed by atoms with E-state index in [0.29, 0.717) is 25.1 Å². The molecule has 0 heterocycles. The van der Waals surface area contributed by atoms with Gasteiger partial charge >= 0.3 is 0 Å². The molecule has 158 valence electrons. The molecule has 0 saturated heterocycles. The fourth-order valence-electron chi connectivity index (χ4n) is 3.29. The Labute approximate surface area is 176 Å². The van der Waals surface area contributed by atoms with Gasteiger partial charge in [0.15, 0.2) is 0 Å². The molecule has 5 nitrogen and oxygen atoms in total. The van der Waals surface area contributed by atoms with E-state index in [1.54, 1.807) is 18.2 Å². The summed E-state index contributed by atoms with van der Waals surface area (Å²) < 4.78 is 38.8. The minimum absolute atomic E-state index is 0.135. The maximum absolute atomic E-state index is 12.9. The van der Waals surface area contributed by atoms with Crippen molar-refractivity contribution in [2.24, 2.45) is 0 Å². The van der Waals surface area contributed by atoms with Gasteiger partial charge in [0.05, 0.1) is 11.9 Å². The third-order valence-electron chi connectivity index (χ3n) is 4.84. The molecule has 1 amide bonds. The molecular formula is C23H25FN2O3S. The Morgan fingerprint density at radius 1 is 1.00 bits per heavy atom. The number of nitrogens with one attached hydrogen (secondary N) is 1. The number of rotatable bonds is 9. The topological polar surface area (TPSA) is 66.5 Å². The summed E-state index contributed by atoms with van der Waals surface area (Å²) in [4.78, 5) is 12.1. The van der Waals surface area contributed by atoms with Crippen LogP contribution in [-0.2, 0) is 21.2 Å². The van der Waals surface area contributed by atoms with Crippen LogP contribution in [0.4, 0.5) is 10.1 Å². The number of hydrogen-bond donors (Lipinski definition) is 1. The minimum Gasteiger partial charge on any atom is -0.356 e. The first kappa shape index (κ1) is 21.8. The molecule has 7 heteroatoms. The molecule has 3 rings (SSSR count). The van der Waals surface area contributed by atoms with Crippen molar-refractivity contribution in [1.29, 1.82) is 0 Å². The maximum Gasteiger partial charge on any atom is 0.232 e. The first-order chi connectivity index (χ1) is 14.3. The van der Waals surface area contributed by atoms with Crippen molar-refractivity contribution in [3.63, 3.8) is 0 Å². The fraction of sp³-hybridized carbons (Fsp3) is 0.261. The molecule has 0 fully saturated rings. The second-order valence-electron chi connectivity index (χ2n) is 7.20. The lowest BCUT2D eigenvalue weighted by molar-refractivity contribution is -0.121. The summed E-state index contributed by atoms with van der Waals surface area (Å²) in [5.41, 5.74) is 1.53. The Morgan fingerprint density at radius 2 is 1.70 bits per heavy atom. The van der Waals surface area contributed by atoms with Crippen molar-refractivity contribution >= 4 is 32.4 Å². The average molecular weight is 429 g/mol. The van der Waals surface area contributed by atoms with E-state index < -0.39 is 10.0 Å². The van der Waals surface area contributed by atoms with Gasteiger partial charge in [0.25, 0.3) is 0 Å². The molecule has 30 heavy (non-hydrogen) atoms. The van der Waals surface area contributed by atoms with Gasteiger partial charge in [0.2, 0.25) is 15.9 Å². The Kier molecular flexibility index (Phi) is 7.05. The highest BCUT2D eigenvalue weighted by atomic mass is 32.2. The minimum atomic E-state index is -3.47. The van der Waals surface area contributed by atoms with Gasteiger partial charge in [-0.15, -0.1) is 0 Å². The van der Waals surface area contributed by atoms with Crippen LogP contribution in [-0.4, -0.2) is 33.7 Å². The molecule has 0 aliphatic carbocycles. The largest absolute Gasteiger partial charge is 0.356 e. The highest BCUT2D eigenvalue weighted by molar-refractivity contribution is 7.92. The number of halogens is 1. The zero-order chi connectivity index (χ0) is 21.6. The molecule has 0 unspecified atom stereocenters. The summed E-state index contributed by atoms with van der Waals surface area (Å²) in [7, 11) is -3.47. The van der Waals surface area contributed by atoms with Crippen molar-refractivity contribution in [3.8, 4) is 0 Å². The Bertz CT molecular complexity index is 1110. The number of fused-ring (bicyclic) bond motifs is 1. The van der Waals surface area contributed by atoms with E-state index in [1.165, 1.54) is 22.7 Å². The van der Waals surface area contributed by atoms with Gasteiger partial charge in [-0.25, -0.2) is 12.8 Å². The summed E-state index contributed by atoms with van der Waals surface area (Å²) in [6.45, 7) is 0.674. The summed E-state index contributed by atoms with van der Waals surface area (Å²) in [6.07, 6.45) is 2.41. The Morgan fingerprint density at radius 3 is 2.40 bits per heavy atom. The number of nitrogens with zero attached hydrogens (tertiary/aromatic N) is 1. The van der Waals surface area contributed by atoms with Crippen molar-refractivity contribution in [2.75, 3.05) is 23.7 Å². The van der Waals surface area contributed by atoms with Gasteiger partial charge in [-0.2, -0.15) is 0 Å². The zero-order valence-electron chi connectivity index (χ0n) is 16.8. The molecule has 0 atom stereocenters. The SMILES string of the molecule is CS(=O)(=O)N(CCCC(=O)NCCc1ccc(F)cc1)c1ccc2ccccc2c1. The average Bonchev–Trinajstić information content (AvgIpc) is 2.71. The van der Waals surface area contributed by atoms with Crippen LogP contribution in [0.2, 0.25) is 0 Å². The molecule has 3 aromatic carbocycles. The molecule has 0 spiro atoms. The normalized spacial score (nSPS) is 11.4. The van der Waals surface area contributed by atoms with Crippen molar-refractivity contribution in [2.45, 2.75) is 19.3 Å². The van der Waals surface area contributed by atoms with E-state index in [2.05, 4.69) is 5.32 Å². The van der Waals surface area contributed by atoms with Crippen LogP contribution in [0.15, 0.2) is 66.7 Å². The van der Waals surface area contributed by atoms with Crippen LogP contribution in [0.5, 0.6) is 0 Å². The highest BCUT2D eigenvalue weighted by Gasteiger charge is 2.18. The highest BCUT2D eigenvalue weighted by Crippen LogP contribution is 2.24. The predicted octanol–water partition coefficient (Wildman–Crippen LogP) is 3.88. The Balaban J connectivity index is 1.53. The summed E-state index contributed by atoms with van der Waals surface area (Å²) in [6, 6.07) is 19.4. The predicted molar refractivity (Wildman–Crippen MR) is 118 cm³/mol. The van der Waals surface area contributed by atoms with Crippen LogP contribution >= 0.6 is 0 Å². The van der Waals surface area contributed by atoms with Gasteiger partial charge in [-0.1, -0.05) is 42.5 Å². The van der Waals surface area contributed by atoms with Gasteiger partial charge in [0, 0.05) is 19.5 Å². The van der Waals surface area contributed by atoms with Crippen LogP contribution in [0.3, 0.4) is 0 Å². The van der Waals surface area contributed by atoms with E-state index >= 15 is 0 Å². The van der Waals surface area contributed by atoms with Crippen molar-refractivity contribution < 1.29 is 17.6 Å². The second-order valence-corrected chi connectivity index (χ2v) is 9.10. The van der Waals surface area contributed by atoms with Crippen molar-refractivity contribution in [1.82, 2.24) is 5.32 Å². The lowest BCUT2D eigenvalue weighted by Crippen LogP contribution is -2.32. The monoisotopic (exact) mass is 428 g/mol. The molecule has 0 aromatic heterocycles. The van der Waals surface area contributed by atoms with Gasteiger partial charge in [-0.3, -0.25) is 9.10 Å². The van der Waals surface area contributed by atoms with Gasteiger partial charge in [-0.05, 0) is 53.4 Å². The summed E-state index contributed by atoms with van der Waals surface area (Å²) in [5.74, 6) is -0.422. The number of hydrogen-bond acceptors (Lipinski definition) is 3. The Hall–Kier alpha value is -2.93. The number of benzene rings is 3. The molecule has 0 aliphatic rings. The zero-order valence-corrected chi connectivity index (χ0v) is 17.7. The molecule has 0 aliphatic heterocycles. The van der Waals surface area contributed by atoms with Crippen LogP contribution in [0.1, 0.15) is 18.4 Å². The standard InChI is InChI=1S/C23H25FN2O3S/c1-30(28,29)26(22-13-10-19-5-2-3-6-20(19)17-22)16-4-7-23(27)25-15-14-18-8-11-21(24)12-9-18/h2-3,5-6,8-13,17H,4,7,14-16H2,1H3,(H,25,27). The van der Waals surface area contributed by atoms with Crippen LogP contribution in [0.25, 0.3) is 10.8 Å². The fourth-order valence-corrected chi connectivity index (χ4v) is 4.24. The van der Waals surface area contributed by atoms with Crippen LogP contribution in [0, 0.1) is 5.82 Å². The third kappa shape index (κ3) is 6.03. The van der Waals surface area contributed by atoms with Gasteiger partial charge in [0.1, 0.15) is 5.82 Å². The molecule has 1 N–H and O–H groups in total. The van der Waals surface area contributed by atoms with E-state index in [1.807, 2.05) is 36.4 Å². The number of amides is 1. The summed E-state index contributed by atoms with van der Waals surface area (Å²) >= 11 is 0. The van der Waals surface area contributed by atoms with Gasteiger partial charge < -0.3 is 5.32 Å². The molecule has 0 saturated carbocycles. The van der Waals surface area contributed by atoms with E-state index in [4.69, 9.17) is 0 Å². The number of carbonyl (C=O) groups excluding carboxylic acids is 1. The first-order valence-corrected chi connectivity index (χ1v) is 11.7. The van der Waals surface area contributed by atoms with E-state index in [-0.39, 0.29) is 24.7 Å². The molecular weight excluding hydrogens is 403 g/mol. The van der Waals surface area contributed by atoms with Crippen molar-refractivity contribution in [3.05, 3.63) is 78.1 Å². The third-order valence-corrected chi connectivity index (χ3v) is 6.03. The number of anilines is 1. The molecule has 0 bridgehead atoms. The van der Waals surface area contributed by atoms with E-state index in [0.717, 1.165) is 16.3 Å². The molecule has 3 aromatic rings. The lowest BCUT2D eigenvalue weighted by Gasteiger charge is -2.22. The first-order valence-electron chi connectivity index (χ1n) is 9.80. The van der Waals surface area contributed by atoms with Crippen LogP contribution < -0.4 is 9.62 Å². The second kappa shape index (κ2) is 9.71. The summed E-state index contributed by atoms with van der Waals surface area (Å²) in [5, 5.41) is 4.82. The van der Waals surface area contributed by atoms with E-state index in [9.17, 15) is 17.6 Å². The number of carbonyl (C=O) groups is 1. The number of sulfonamides is 1.